The molecular weight excluding hydrogens is 222 g/mol. The second kappa shape index (κ2) is 4.64. The van der Waals surface area contributed by atoms with Crippen molar-refractivity contribution < 1.29 is 5.11 Å². The number of aliphatic hydroxyl groups excluding tert-OH is 1. The second-order valence-corrected chi connectivity index (χ2v) is 4.11. The molecule has 1 unspecified atom stereocenters. The molecule has 3 heteroatoms. The highest BCUT2D eigenvalue weighted by atomic mass is 35.5. The first-order valence-electron chi connectivity index (χ1n) is 5.03. The molecule has 0 saturated heterocycles. The van der Waals surface area contributed by atoms with Gasteiger partial charge in [0.05, 0.1) is 0 Å². The van der Waals surface area contributed by atoms with Gasteiger partial charge in [-0.1, -0.05) is 41.4 Å². The van der Waals surface area contributed by atoms with Gasteiger partial charge in [-0.25, -0.2) is 4.98 Å². The largest absolute Gasteiger partial charge is 0.384 e. The summed E-state index contributed by atoms with van der Waals surface area (Å²) in [6, 6.07) is 11.2. The van der Waals surface area contributed by atoms with Gasteiger partial charge in [0.2, 0.25) is 0 Å². The third-order valence-corrected chi connectivity index (χ3v) is 2.67. The van der Waals surface area contributed by atoms with Crippen molar-refractivity contribution in [1.82, 2.24) is 4.98 Å². The number of hydrogen-bond acceptors (Lipinski definition) is 2. The van der Waals surface area contributed by atoms with Gasteiger partial charge >= 0.3 is 0 Å². The van der Waals surface area contributed by atoms with Crippen LogP contribution >= 0.6 is 11.6 Å². The number of halogens is 1. The van der Waals surface area contributed by atoms with E-state index < -0.39 is 6.10 Å². The lowest BCUT2D eigenvalue weighted by Gasteiger charge is -2.11. The highest BCUT2D eigenvalue weighted by Crippen LogP contribution is 2.23. The molecule has 0 aliphatic heterocycles. The number of benzene rings is 1. The van der Waals surface area contributed by atoms with Gasteiger partial charge in [0, 0.05) is 6.20 Å². The van der Waals surface area contributed by atoms with Crippen molar-refractivity contribution in [3.63, 3.8) is 0 Å². The number of rotatable bonds is 2. The Bertz CT molecular complexity index is 482. The topological polar surface area (TPSA) is 33.1 Å². The van der Waals surface area contributed by atoms with Crippen molar-refractivity contribution in [2.24, 2.45) is 0 Å². The van der Waals surface area contributed by atoms with E-state index in [2.05, 4.69) is 4.98 Å². The van der Waals surface area contributed by atoms with E-state index in [1.54, 1.807) is 18.3 Å². The van der Waals surface area contributed by atoms with Crippen LogP contribution in [0.3, 0.4) is 0 Å². The van der Waals surface area contributed by atoms with E-state index in [4.69, 9.17) is 11.6 Å². The molecule has 2 nitrogen and oxygen atoms in total. The minimum Gasteiger partial charge on any atom is -0.384 e. The Morgan fingerprint density at radius 3 is 2.44 bits per heavy atom. The fraction of sp³-hybridized carbons (Fsp3) is 0.154. The van der Waals surface area contributed by atoms with Crippen LogP contribution in [-0.2, 0) is 0 Å². The van der Waals surface area contributed by atoms with E-state index in [1.165, 1.54) is 5.56 Å². The predicted molar refractivity (Wildman–Crippen MR) is 64.5 cm³/mol. The van der Waals surface area contributed by atoms with E-state index in [-0.39, 0.29) is 0 Å². The van der Waals surface area contributed by atoms with E-state index in [0.717, 1.165) is 11.1 Å². The summed E-state index contributed by atoms with van der Waals surface area (Å²) in [6.45, 7) is 2.01. The number of aromatic nitrogens is 1. The van der Waals surface area contributed by atoms with Gasteiger partial charge in [-0.15, -0.1) is 0 Å². The van der Waals surface area contributed by atoms with Gasteiger partial charge < -0.3 is 5.11 Å². The van der Waals surface area contributed by atoms with E-state index in [1.807, 2.05) is 31.2 Å². The van der Waals surface area contributed by atoms with E-state index >= 15 is 0 Å². The number of nitrogens with zero attached hydrogens (tertiary/aromatic N) is 1. The zero-order valence-corrected chi connectivity index (χ0v) is 9.65. The maximum absolute atomic E-state index is 10.1. The van der Waals surface area contributed by atoms with Crippen LogP contribution in [0.4, 0.5) is 0 Å². The van der Waals surface area contributed by atoms with Gasteiger partial charge in [0.1, 0.15) is 11.3 Å². The number of aliphatic hydroxyl groups is 1. The molecule has 0 saturated carbocycles. The van der Waals surface area contributed by atoms with Crippen molar-refractivity contribution in [2.75, 3.05) is 0 Å². The lowest BCUT2D eigenvalue weighted by molar-refractivity contribution is 0.220. The first-order chi connectivity index (χ1) is 7.66. The summed E-state index contributed by atoms with van der Waals surface area (Å²) in [5, 5.41) is 10.5. The van der Waals surface area contributed by atoms with Gasteiger partial charge in [-0.3, -0.25) is 0 Å². The number of pyridine rings is 1. The third kappa shape index (κ3) is 2.40. The molecule has 1 N–H and O–H groups in total. The average molecular weight is 234 g/mol. The normalized spacial score (nSPS) is 12.4. The standard InChI is InChI=1S/C13H12ClNO/c1-9-2-4-10(5-3-9)13(16)11-6-7-15-12(14)8-11/h2-8,13,16H,1H3. The van der Waals surface area contributed by atoms with Crippen LogP contribution in [0.5, 0.6) is 0 Å². The molecule has 1 atom stereocenters. The fourth-order valence-corrected chi connectivity index (χ4v) is 1.71. The Morgan fingerprint density at radius 1 is 1.12 bits per heavy atom. The van der Waals surface area contributed by atoms with Gasteiger partial charge in [0.25, 0.3) is 0 Å². The van der Waals surface area contributed by atoms with Crippen LogP contribution in [0.1, 0.15) is 22.8 Å². The van der Waals surface area contributed by atoms with Crippen LogP contribution < -0.4 is 0 Å². The van der Waals surface area contributed by atoms with E-state index in [0.29, 0.717) is 5.15 Å². The van der Waals surface area contributed by atoms with Crippen molar-refractivity contribution >= 4 is 11.6 Å². The molecule has 0 fully saturated rings. The molecule has 0 amide bonds. The first-order valence-corrected chi connectivity index (χ1v) is 5.41. The molecular formula is C13H12ClNO. The zero-order valence-electron chi connectivity index (χ0n) is 8.89. The molecule has 0 radical (unpaired) electrons. The lowest BCUT2D eigenvalue weighted by Crippen LogP contribution is -1.99. The smallest absolute Gasteiger partial charge is 0.129 e. The minimum atomic E-state index is -0.652. The van der Waals surface area contributed by atoms with E-state index in [9.17, 15) is 5.11 Å². The molecule has 0 aliphatic carbocycles. The van der Waals surface area contributed by atoms with Crippen LogP contribution in [0, 0.1) is 6.92 Å². The summed E-state index contributed by atoms with van der Waals surface area (Å²) >= 11 is 5.78. The number of aryl methyl sites for hydroxylation is 1. The predicted octanol–water partition coefficient (Wildman–Crippen LogP) is 3.13. The summed E-state index contributed by atoms with van der Waals surface area (Å²) < 4.78 is 0. The molecule has 1 aromatic carbocycles. The summed E-state index contributed by atoms with van der Waals surface area (Å²) in [6.07, 6.45) is 0.941. The Labute approximate surface area is 99.5 Å². The summed E-state index contributed by atoms with van der Waals surface area (Å²) in [5.41, 5.74) is 2.78. The maximum atomic E-state index is 10.1. The van der Waals surface area contributed by atoms with Crippen molar-refractivity contribution in [3.8, 4) is 0 Å². The molecule has 1 heterocycles. The van der Waals surface area contributed by atoms with Crippen LogP contribution in [0.2, 0.25) is 5.15 Å². The quantitative estimate of drug-likeness (QED) is 0.809. The SMILES string of the molecule is Cc1ccc(C(O)c2ccnc(Cl)c2)cc1. The average Bonchev–Trinajstić information content (AvgIpc) is 2.29. The van der Waals surface area contributed by atoms with Gasteiger partial charge in [-0.2, -0.15) is 0 Å². The molecule has 16 heavy (non-hydrogen) atoms. The second-order valence-electron chi connectivity index (χ2n) is 3.73. The molecule has 0 aliphatic rings. The minimum absolute atomic E-state index is 0.392. The van der Waals surface area contributed by atoms with Crippen molar-refractivity contribution in [1.29, 1.82) is 0 Å². The Hall–Kier alpha value is -1.38. The Morgan fingerprint density at radius 2 is 1.81 bits per heavy atom. The summed E-state index contributed by atoms with van der Waals surface area (Å²) in [5.74, 6) is 0. The lowest BCUT2D eigenvalue weighted by atomic mass is 10.0. The third-order valence-electron chi connectivity index (χ3n) is 2.46. The number of hydrogen-bond donors (Lipinski definition) is 1. The van der Waals surface area contributed by atoms with Crippen molar-refractivity contribution in [3.05, 3.63) is 64.4 Å². The van der Waals surface area contributed by atoms with Crippen molar-refractivity contribution in [2.45, 2.75) is 13.0 Å². The Kier molecular flexibility index (Phi) is 3.22. The van der Waals surface area contributed by atoms with Gasteiger partial charge in [-0.05, 0) is 30.2 Å². The molecule has 1 aromatic heterocycles. The first kappa shape index (κ1) is 11.1. The highest BCUT2D eigenvalue weighted by molar-refractivity contribution is 6.29. The summed E-state index contributed by atoms with van der Waals surface area (Å²) in [4.78, 5) is 3.88. The highest BCUT2D eigenvalue weighted by Gasteiger charge is 2.10. The fourth-order valence-electron chi connectivity index (χ4n) is 1.53. The Balaban J connectivity index is 2.31. The van der Waals surface area contributed by atoms with Gasteiger partial charge in [0.15, 0.2) is 0 Å². The zero-order chi connectivity index (χ0) is 11.5. The maximum Gasteiger partial charge on any atom is 0.129 e. The molecule has 0 spiro atoms. The monoisotopic (exact) mass is 233 g/mol. The van der Waals surface area contributed by atoms with Crippen LogP contribution in [0.15, 0.2) is 42.6 Å². The molecule has 82 valence electrons. The van der Waals surface area contributed by atoms with Crippen LogP contribution in [-0.4, -0.2) is 10.1 Å². The molecule has 2 rings (SSSR count). The van der Waals surface area contributed by atoms with Crippen LogP contribution in [0.25, 0.3) is 0 Å². The summed E-state index contributed by atoms with van der Waals surface area (Å²) in [7, 11) is 0. The molecule has 2 aromatic rings. The molecule has 0 bridgehead atoms.